The highest BCUT2D eigenvalue weighted by Gasteiger charge is 2.29. The molecule has 0 aliphatic heterocycles. The van der Waals surface area contributed by atoms with Crippen molar-refractivity contribution in [3.05, 3.63) is 59.7 Å². The fourth-order valence-electron chi connectivity index (χ4n) is 3.81. The molecule has 0 unspecified atom stereocenters. The van der Waals surface area contributed by atoms with Crippen LogP contribution in [-0.4, -0.2) is 75.2 Å². The van der Waals surface area contributed by atoms with Gasteiger partial charge in [0.15, 0.2) is 6.73 Å². The van der Waals surface area contributed by atoms with Gasteiger partial charge in [-0.2, -0.15) is 0 Å². The van der Waals surface area contributed by atoms with Crippen LogP contribution in [0.1, 0.15) is 24.0 Å². The number of ether oxygens (including phenoxy) is 2. The Morgan fingerprint density at radius 2 is 1.05 bits per heavy atom. The number of benzene rings is 2. The lowest BCUT2D eigenvalue weighted by Crippen LogP contribution is -2.45. The molecule has 3 rings (SSSR count). The Labute approximate surface area is 224 Å². The molecule has 0 bridgehead atoms. The van der Waals surface area contributed by atoms with E-state index in [1.165, 1.54) is 6.92 Å². The highest BCUT2D eigenvalue weighted by atomic mass is 16.5. The summed E-state index contributed by atoms with van der Waals surface area (Å²) < 4.78 is 9.87. The topological polar surface area (TPSA) is 181 Å². The maximum Gasteiger partial charge on any atom is 0.407 e. The molecule has 2 aromatic carbocycles. The molecule has 5 amide bonds. The second-order valence-electron chi connectivity index (χ2n) is 8.39. The molecule has 0 atom stereocenters. The van der Waals surface area contributed by atoms with E-state index in [-0.39, 0.29) is 25.8 Å². The first-order valence-corrected chi connectivity index (χ1v) is 12.0. The fraction of sp³-hybridized carbons (Fsp3) is 0.308. The van der Waals surface area contributed by atoms with Gasteiger partial charge in [-0.1, -0.05) is 48.5 Å². The lowest BCUT2D eigenvalue weighted by Gasteiger charge is -2.14. The van der Waals surface area contributed by atoms with Gasteiger partial charge in [0.1, 0.15) is 13.2 Å². The van der Waals surface area contributed by atoms with E-state index in [4.69, 9.17) is 4.74 Å². The number of amides is 5. The first-order chi connectivity index (χ1) is 18.7. The van der Waals surface area contributed by atoms with Gasteiger partial charge in [-0.15, -0.1) is 0 Å². The van der Waals surface area contributed by atoms with Crippen molar-refractivity contribution >= 4 is 35.7 Å². The minimum atomic E-state index is -0.773. The van der Waals surface area contributed by atoms with Crippen LogP contribution in [0.25, 0.3) is 11.1 Å². The average Bonchev–Trinajstić information content (AvgIpc) is 3.25. The molecule has 13 heteroatoms. The molecule has 0 fully saturated rings. The summed E-state index contributed by atoms with van der Waals surface area (Å²) in [6.45, 7) is -0.691. The van der Waals surface area contributed by atoms with Crippen LogP contribution < -0.4 is 26.6 Å². The van der Waals surface area contributed by atoms with Crippen LogP contribution in [-0.2, 0) is 33.4 Å². The van der Waals surface area contributed by atoms with E-state index >= 15 is 0 Å². The number of carbonyl (C=O) groups excluding carboxylic acids is 6. The first kappa shape index (κ1) is 28.6. The van der Waals surface area contributed by atoms with Crippen LogP contribution in [0.15, 0.2) is 48.5 Å². The standard InChI is InChI=1S/C26H29N5O8/c1-16(32)39-15-31-25(36)12-29-23(34)10-27-22(33)11-28-24(35)13-30-26(37)38-14-21-19-8-4-2-6-17(19)18-7-3-5-9-20(18)21/h2-9,21H,10-15H2,1H3,(H,27,33)(H,28,35)(H,29,34)(H,30,37)(H,31,36). The van der Waals surface area contributed by atoms with E-state index in [0.29, 0.717) is 0 Å². The number of fused-ring (bicyclic) bond motifs is 3. The molecule has 1 aliphatic rings. The summed E-state index contributed by atoms with van der Waals surface area (Å²) in [5, 5.41) is 11.4. The largest absolute Gasteiger partial charge is 0.449 e. The third-order valence-electron chi connectivity index (χ3n) is 5.62. The van der Waals surface area contributed by atoms with Crippen molar-refractivity contribution in [1.29, 1.82) is 0 Å². The Kier molecular flexibility index (Phi) is 10.4. The Hall–Kier alpha value is -4.94. The van der Waals surface area contributed by atoms with Crippen molar-refractivity contribution in [2.75, 3.05) is 39.5 Å². The van der Waals surface area contributed by atoms with Gasteiger partial charge in [0.05, 0.1) is 19.6 Å². The minimum Gasteiger partial charge on any atom is -0.449 e. The minimum absolute atomic E-state index is 0.0970. The van der Waals surface area contributed by atoms with Gasteiger partial charge in [0, 0.05) is 12.8 Å². The van der Waals surface area contributed by atoms with E-state index in [1.807, 2.05) is 48.5 Å². The summed E-state index contributed by atoms with van der Waals surface area (Å²) in [7, 11) is 0. The molecule has 1 aliphatic carbocycles. The summed E-state index contributed by atoms with van der Waals surface area (Å²) in [5.74, 6) is -3.21. The molecule has 2 aromatic rings. The van der Waals surface area contributed by atoms with Gasteiger partial charge in [-0.05, 0) is 22.3 Å². The first-order valence-electron chi connectivity index (χ1n) is 12.0. The zero-order valence-electron chi connectivity index (χ0n) is 21.2. The van der Waals surface area contributed by atoms with E-state index in [9.17, 15) is 28.8 Å². The SMILES string of the molecule is CC(=O)OCNC(=O)CNC(=O)CNC(=O)CNC(=O)CNC(=O)OCC1c2ccccc2-c2ccccc21. The average molecular weight is 540 g/mol. The summed E-state index contributed by atoms with van der Waals surface area (Å²) >= 11 is 0. The summed E-state index contributed by atoms with van der Waals surface area (Å²) in [6, 6.07) is 15.8. The third kappa shape index (κ3) is 8.84. The lowest BCUT2D eigenvalue weighted by molar-refractivity contribution is -0.143. The molecule has 0 spiro atoms. The van der Waals surface area contributed by atoms with Crippen molar-refractivity contribution in [3.8, 4) is 11.1 Å². The van der Waals surface area contributed by atoms with Crippen LogP contribution in [0.2, 0.25) is 0 Å². The van der Waals surface area contributed by atoms with Gasteiger partial charge >= 0.3 is 12.1 Å². The molecule has 39 heavy (non-hydrogen) atoms. The highest BCUT2D eigenvalue weighted by molar-refractivity contribution is 5.90. The van der Waals surface area contributed by atoms with Crippen LogP contribution >= 0.6 is 0 Å². The number of alkyl carbamates (subject to hydrolysis) is 1. The van der Waals surface area contributed by atoms with Crippen molar-refractivity contribution in [2.45, 2.75) is 12.8 Å². The van der Waals surface area contributed by atoms with Gasteiger partial charge in [0.25, 0.3) is 0 Å². The number of esters is 1. The Morgan fingerprint density at radius 1 is 0.615 bits per heavy atom. The van der Waals surface area contributed by atoms with Gasteiger partial charge in [-0.3, -0.25) is 24.0 Å². The number of carbonyl (C=O) groups is 6. The molecule has 5 N–H and O–H groups in total. The van der Waals surface area contributed by atoms with E-state index < -0.39 is 55.3 Å². The van der Waals surface area contributed by atoms with E-state index in [1.54, 1.807) is 0 Å². The van der Waals surface area contributed by atoms with E-state index in [0.717, 1.165) is 22.3 Å². The van der Waals surface area contributed by atoms with Crippen LogP contribution in [0.5, 0.6) is 0 Å². The maximum absolute atomic E-state index is 12.2. The molecule has 0 saturated heterocycles. The molecule has 0 heterocycles. The Balaban J connectivity index is 1.29. The lowest BCUT2D eigenvalue weighted by atomic mass is 9.98. The molecule has 0 radical (unpaired) electrons. The van der Waals surface area contributed by atoms with Crippen molar-refractivity contribution < 1.29 is 38.2 Å². The monoisotopic (exact) mass is 539 g/mol. The molecule has 206 valence electrons. The fourth-order valence-corrected chi connectivity index (χ4v) is 3.81. The molecule has 0 aromatic heterocycles. The normalized spacial score (nSPS) is 11.3. The number of hydrogen-bond donors (Lipinski definition) is 5. The summed E-state index contributed by atoms with van der Waals surface area (Å²) in [6.07, 6.45) is -0.773. The predicted molar refractivity (Wildman–Crippen MR) is 137 cm³/mol. The highest BCUT2D eigenvalue weighted by Crippen LogP contribution is 2.44. The van der Waals surface area contributed by atoms with Gasteiger partial charge in [0.2, 0.25) is 23.6 Å². The molecular weight excluding hydrogens is 510 g/mol. The molecular formula is C26H29N5O8. The van der Waals surface area contributed by atoms with Gasteiger partial charge < -0.3 is 36.1 Å². The maximum atomic E-state index is 12.2. The van der Waals surface area contributed by atoms with Crippen molar-refractivity contribution in [2.24, 2.45) is 0 Å². The quantitative estimate of drug-likeness (QED) is 0.177. The molecule has 13 nitrogen and oxygen atoms in total. The number of hydrogen-bond acceptors (Lipinski definition) is 8. The number of nitrogens with one attached hydrogen (secondary N) is 5. The van der Waals surface area contributed by atoms with Crippen molar-refractivity contribution in [1.82, 2.24) is 26.6 Å². The predicted octanol–water partition coefficient (Wildman–Crippen LogP) is -0.489. The second kappa shape index (κ2) is 14.1. The van der Waals surface area contributed by atoms with Gasteiger partial charge in [-0.25, -0.2) is 4.79 Å². The van der Waals surface area contributed by atoms with Crippen molar-refractivity contribution in [3.63, 3.8) is 0 Å². The Morgan fingerprint density at radius 3 is 1.54 bits per heavy atom. The number of rotatable bonds is 12. The summed E-state index contributed by atoms with van der Waals surface area (Å²) in [4.78, 5) is 69.7. The van der Waals surface area contributed by atoms with E-state index in [2.05, 4.69) is 31.3 Å². The smallest absolute Gasteiger partial charge is 0.407 e. The molecule has 0 saturated carbocycles. The third-order valence-corrected chi connectivity index (χ3v) is 5.62. The zero-order chi connectivity index (χ0) is 28.2. The summed E-state index contributed by atoms with van der Waals surface area (Å²) in [5.41, 5.74) is 4.32. The van der Waals surface area contributed by atoms with Crippen LogP contribution in [0, 0.1) is 0 Å². The van der Waals surface area contributed by atoms with Crippen LogP contribution in [0.3, 0.4) is 0 Å². The Bertz CT molecular complexity index is 1200. The second-order valence-corrected chi connectivity index (χ2v) is 8.39. The van der Waals surface area contributed by atoms with Crippen LogP contribution in [0.4, 0.5) is 4.79 Å². The zero-order valence-corrected chi connectivity index (χ0v) is 21.2.